The van der Waals surface area contributed by atoms with E-state index in [0.717, 1.165) is 44.7 Å². The lowest BCUT2D eigenvalue weighted by molar-refractivity contribution is -0.137. The number of para-hydroxylation sites is 2. The summed E-state index contributed by atoms with van der Waals surface area (Å²) in [6, 6.07) is 15.1. The molecule has 3 aromatic rings. The van der Waals surface area contributed by atoms with Crippen molar-refractivity contribution >= 4 is 22.5 Å². The van der Waals surface area contributed by atoms with E-state index in [1.807, 2.05) is 30.0 Å². The monoisotopic (exact) mass is 406 g/mol. The van der Waals surface area contributed by atoms with Crippen molar-refractivity contribution in [2.45, 2.75) is 25.9 Å². The fraction of sp³-hybridized carbons (Fsp3) is 0.375. The van der Waals surface area contributed by atoms with Crippen LogP contribution in [0.25, 0.3) is 10.9 Å². The second kappa shape index (κ2) is 7.76. The number of piperazine rings is 1. The predicted molar refractivity (Wildman–Crippen MR) is 117 cm³/mol. The van der Waals surface area contributed by atoms with E-state index in [2.05, 4.69) is 33.0 Å². The molecule has 2 aliphatic heterocycles. The Balaban J connectivity index is 1.24. The van der Waals surface area contributed by atoms with E-state index in [1.165, 1.54) is 22.7 Å². The third-order valence-corrected chi connectivity index (χ3v) is 6.61. The first-order valence-electron chi connectivity index (χ1n) is 10.7. The standard InChI is InChI=1S/C24H27FN4O/c1-17(27-12-14-28(15-13-27)23-9-5-3-7-20(23)25)24(30)29-11-10-22-19(16-29)18-6-2-4-8-21(18)26-22/h2-9,17,26H,10-16H2,1H3/t17-/m1/s1. The number of carbonyl (C=O) groups excluding carboxylic acids is 1. The zero-order valence-electron chi connectivity index (χ0n) is 17.3. The number of hydrogen-bond acceptors (Lipinski definition) is 3. The minimum Gasteiger partial charge on any atom is -0.367 e. The van der Waals surface area contributed by atoms with Crippen molar-refractivity contribution in [1.82, 2.24) is 14.8 Å². The smallest absolute Gasteiger partial charge is 0.239 e. The fourth-order valence-corrected chi connectivity index (χ4v) is 4.83. The van der Waals surface area contributed by atoms with Crippen LogP contribution in [0, 0.1) is 5.82 Å². The van der Waals surface area contributed by atoms with Crippen LogP contribution in [0.3, 0.4) is 0 Å². The van der Waals surface area contributed by atoms with Gasteiger partial charge in [-0.15, -0.1) is 0 Å². The summed E-state index contributed by atoms with van der Waals surface area (Å²) in [4.78, 5) is 23.1. The largest absolute Gasteiger partial charge is 0.367 e. The fourth-order valence-electron chi connectivity index (χ4n) is 4.83. The quantitative estimate of drug-likeness (QED) is 0.725. The van der Waals surface area contributed by atoms with Crippen molar-refractivity contribution in [1.29, 1.82) is 0 Å². The average Bonchev–Trinajstić information content (AvgIpc) is 3.16. The second-order valence-corrected chi connectivity index (χ2v) is 8.29. The summed E-state index contributed by atoms with van der Waals surface area (Å²) in [5, 5.41) is 1.22. The van der Waals surface area contributed by atoms with Gasteiger partial charge in [0.2, 0.25) is 5.91 Å². The zero-order chi connectivity index (χ0) is 20.7. The Kier molecular flexibility index (Phi) is 4.95. The highest BCUT2D eigenvalue weighted by molar-refractivity contribution is 5.87. The van der Waals surface area contributed by atoms with E-state index in [4.69, 9.17) is 0 Å². The van der Waals surface area contributed by atoms with Crippen molar-refractivity contribution < 1.29 is 9.18 Å². The molecule has 1 N–H and O–H groups in total. The van der Waals surface area contributed by atoms with E-state index >= 15 is 0 Å². The third kappa shape index (κ3) is 3.35. The second-order valence-electron chi connectivity index (χ2n) is 8.29. The van der Waals surface area contributed by atoms with Gasteiger partial charge in [0.1, 0.15) is 5.82 Å². The minimum atomic E-state index is -0.182. The number of benzene rings is 2. The maximum Gasteiger partial charge on any atom is 0.239 e. The van der Waals surface area contributed by atoms with Gasteiger partial charge in [0.05, 0.1) is 11.7 Å². The van der Waals surface area contributed by atoms with Crippen LogP contribution in [0.5, 0.6) is 0 Å². The molecule has 0 bridgehead atoms. The molecule has 6 heteroatoms. The number of anilines is 1. The summed E-state index contributed by atoms with van der Waals surface area (Å²) in [6.07, 6.45) is 0.865. The molecule has 0 unspecified atom stereocenters. The summed E-state index contributed by atoms with van der Waals surface area (Å²) in [7, 11) is 0. The van der Waals surface area contributed by atoms with E-state index in [1.54, 1.807) is 6.07 Å². The van der Waals surface area contributed by atoms with E-state index in [-0.39, 0.29) is 17.8 Å². The van der Waals surface area contributed by atoms with Crippen molar-refractivity contribution in [2.24, 2.45) is 0 Å². The molecule has 2 aliphatic rings. The third-order valence-electron chi connectivity index (χ3n) is 6.61. The van der Waals surface area contributed by atoms with E-state index in [9.17, 15) is 9.18 Å². The molecule has 1 atom stereocenters. The number of halogens is 1. The van der Waals surface area contributed by atoms with Crippen molar-refractivity contribution in [3.8, 4) is 0 Å². The van der Waals surface area contributed by atoms with Gasteiger partial charge in [-0.25, -0.2) is 4.39 Å². The summed E-state index contributed by atoms with van der Waals surface area (Å²) in [5.74, 6) is 0.00296. The van der Waals surface area contributed by atoms with Gasteiger partial charge in [0.25, 0.3) is 0 Å². The van der Waals surface area contributed by atoms with Crippen LogP contribution in [0.1, 0.15) is 18.2 Å². The molecular formula is C24H27FN4O. The molecule has 30 heavy (non-hydrogen) atoms. The summed E-state index contributed by atoms with van der Waals surface area (Å²) >= 11 is 0. The van der Waals surface area contributed by atoms with Crippen LogP contribution in [-0.4, -0.2) is 59.5 Å². The number of H-pyrrole nitrogens is 1. The molecule has 156 valence electrons. The number of carbonyl (C=O) groups is 1. The Morgan fingerprint density at radius 1 is 1.00 bits per heavy atom. The van der Waals surface area contributed by atoms with Crippen LogP contribution >= 0.6 is 0 Å². The van der Waals surface area contributed by atoms with Gasteiger partial charge in [0.15, 0.2) is 0 Å². The van der Waals surface area contributed by atoms with Crippen LogP contribution in [0.2, 0.25) is 0 Å². The Morgan fingerprint density at radius 2 is 1.73 bits per heavy atom. The van der Waals surface area contributed by atoms with Gasteiger partial charge in [0, 0.05) is 67.8 Å². The Bertz CT molecular complexity index is 1070. The Labute approximate surface area is 176 Å². The molecule has 0 radical (unpaired) electrons. The number of aromatic amines is 1. The van der Waals surface area contributed by atoms with Crippen molar-refractivity contribution in [3.63, 3.8) is 0 Å². The predicted octanol–water partition coefficient (Wildman–Crippen LogP) is 3.40. The highest BCUT2D eigenvalue weighted by atomic mass is 19.1. The zero-order valence-corrected chi connectivity index (χ0v) is 17.3. The van der Waals surface area contributed by atoms with Gasteiger partial charge >= 0.3 is 0 Å². The molecule has 1 aromatic heterocycles. The van der Waals surface area contributed by atoms with Crippen molar-refractivity contribution in [3.05, 3.63) is 65.6 Å². The first-order valence-corrected chi connectivity index (χ1v) is 10.7. The first kappa shape index (κ1) is 19.1. The normalized spacial score (nSPS) is 18.5. The Hall–Kier alpha value is -2.86. The summed E-state index contributed by atoms with van der Waals surface area (Å²) in [5.41, 5.74) is 4.31. The lowest BCUT2D eigenvalue weighted by Crippen LogP contribution is -2.55. The van der Waals surface area contributed by atoms with Gasteiger partial charge in [-0.1, -0.05) is 30.3 Å². The molecule has 3 heterocycles. The number of rotatable bonds is 3. The summed E-state index contributed by atoms with van der Waals surface area (Å²) < 4.78 is 14.1. The molecule has 0 spiro atoms. The lowest BCUT2D eigenvalue weighted by atomic mass is 10.0. The molecule has 5 rings (SSSR count). The molecule has 1 amide bonds. The number of nitrogens with zero attached hydrogens (tertiary/aromatic N) is 3. The molecular weight excluding hydrogens is 379 g/mol. The highest BCUT2D eigenvalue weighted by Crippen LogP contribution is 2.28. The molecule has 2 aromatic carbocycles. The lowest BCUT2D eigenvalue weighted by Gasteiger charge is -2.40. The van der Waals surface area contributed by atoms with Crippen molar-refractivity contribution in [2.75, 3.05) is 37.6 Å². The molecule has 5 nitrogen and oxygen atoms in total. The van der Waals surface area contributed by atoms with Gasteiger partial charge in [-0.3, -0.25) is 9.69 Å². The topological polar surface area (TPSA) is 42.6 Å². The van der Waals surface area contributed by atoms with Gasteiger partial charge in [-0.05, 0) is 25.1 Å². The van der Waals surface area contributed by atoms with Gasteiger partial charge in [-0.2, -0.15) is 0 Å². The molecule has 0 aliphatic carbocycles. The van der Waals surface area contributed by atoms with Crippen LogP contribution in [-0.2, 0) is 17.8 Å². The molecule has 1 fully saturated rings. The SMILES string of the molecule is C[C@H](C(=O)N1CCc2[nH]c3ccccc3c2C1)N1CCN(c2ccccc2F)CC1. The summed E-state index contributed by atoms with van der Waals surface area (Å²) in [6.45, 7) is 6.39. The molecule has 1 saturated heterocycles. The first-order chi connectivity index (χ1) is 14.6. The van der Waals surface area contributed by atoms with E-state index < -0.39 is 0 Å². The van der Waals surface area contributed by atoms with Crippen LogP contribution in [0.4, 0.5) is 10.1 Å². The number of aromatic nitrogens is 1. The highest BCUT2D eigenvalue weighted by Gasteiger charge is 2.31. The number of hydrogen-bond donors (Lipinski definition) is 1. The van der Waals surface area contributed by atoms with Crippen LogP contribution < -0.4 is 4.90 Å². The van der Waals surface area contributed by atoms with E-state index in [0.29, 0.717) is 12.2 Å². The molecule has 0 saturated carbocycles. The number of fused-ring (bicyclic) bond motifs is 3. The average molecular weight is 407 g/mol. The number of amides is 1. The van der Waals surface area contributed by atoms with Crippen LogP contribution in [0.15, 0.2) is 48.5 Å². The number of nitrogens with one attached hydrogen (secondary N) is 1. The van der Waals surface area contributed by atoms with Gasteiger partial charge < -0.3 is 14.8 Å². The minimum absolute atomic E-state index is 0.167. The maximum atomic E-state index is 14.1. The Morgan fingerprint density at radius 3 is 2.53 bits per heavy atom. The maximum absolute atomic E-state index is 14.1.